The highest BCUT2D eigenvalue weighted by atomic mass is 19.1. The minimum Gasteiger partial charge on any atom is -0.356 e. The lowest BCUT2D eigenvalue weighted by molar-refractivity contribution is 0.0603. The Labute approximate surface area is 204 Å². The van der Waals surface area contributed by atoms with Gasteiger partial charge in [0.15, 0.2) is 5.58 Å². The van der Waals surface area contributed by atoms with Crippen LogP contribution in [0.1, 0.15) is 70.9 Å². The lowest BCUT2D eigenvalue weighted by Gasteiger charge is -2.36. The Kier molecular flexibility index (Phi) is 5.88. The lowest BCUT2D eigenvalue weighted by atomic mass is 9.81. The van der Waals surface area contributed by atoms with E-state index in [0.717, 1.165) is 69.2 Å². The summed E-state index contributed by atoms with van der Waals surface area (Å²) in [5.74, 6) is 0.841. The molecule has 2 amide bonds. The van der Waals surface area contributed by atoms with Gasteiger partial charge in [-0.2, -0.15) is 0 Å². The molecule has 7 heteroatoms. The molecule has 0 spiro atoms. The van der Waals surface area contributed by atoms with Crippen molar-refractivity contribution in [2.24, 2.45) is 11.8 Å². The van der Waals surface area contributed by atoms with Gasteiger partial charge in [0.05, 0.1) is 16.8 Å². The largest absolute Gasteiger partial charge is 0.356 e. The molecule has 2 fully saturated rings. The van der Waals surface area contributed by atoms with Crippen LogP contribution in [0.2, 0.25) is 0 Å². The van der Waals surface area contributed by atoms with Gasteiger partial charge >= 0.3 is 0 Å². The van der Waals surface area contributed by atoms with E-state index in [-0.39, 0.29) is 17.6 Å². The van der Waals surface area contributed by atoms with Crippen LogP contribution in [0.4, 0.5) is 4.39 Å². The first-order chi connectivity index (χ1) is 17.1. The van der Waals surface area contributed by atoms with E-state index in [1.807, 2.05) is 12.1 Å². The molecule has 0 N–H and O–H groups in total. The van der Waals surface area contributed by atoms with Gasteiger partial charge in [-0.05, 0) is 87.7 Å². The first-order valence-corrected chi connectivity index (χ1v) is 12.8. The van der Waals surface area contributed by atoms with Crippen LogP contribution in [-0.2, 0) is 0 Å². The van der Waals surface area contributed by atoms with Gasteiger partial charge in [-0.15, -0.1) is 0 Å². The van der Waals surface area contributed by atoms with Gasteiger partial charge in [0.25, 0.3) is 11.8 Å². The maximum atomic E-state index is 13.5. The highest BCUT2D eigenvalue weighted by molar-refractivity contribution is 6.21. The van der Waals surface area contributed by atoms with E-state index in [9.17, 15) is 14.0 Å². The third kappa shape index (κ3) is 4.27. The average molecular weight is 476 g/mol. The Morgan fingerprint density at radius 3 is 2.14 bits per heavy atom. The molecule has 1 saturated carbocycles. The van der Waals surface area contributed by atoms with Gasteiger partial charge in [-0.1, -0.05) is 17.3 Å². The van der Waals surface area contributed by atoms with Crippen molar-refractivity contribution in [2.75, 3.05) is 26.2 Å². The number of fused-ring (bicyclic) bond motifs is 2. The molecule has 0 bridgehead atoms. The molecule has 1 saturated heterocycles. The number of carbonyl (C=O) groups excluding carboxylic acids is 2. The number of hydrogen-bond acceptors (Lipinski definition) is 5. The summed E-state index contributed by atoms with van der Waals surface area (Å²) in [5.41, 5.74) is 2.58. The van der Waals surface area contributed by atoms with E-state index >= 15 is 0 Å². The Morgan fingerprint density at radius 2 is 1.49 bits per heavy atom. The molecule has 3 aromatic rings. The minimum absolute atomic E-state index is 0.138. The third-order valence-electron chi connectivity index (χ3n) is 8.24. The summed E-state index contributed by atoms with van der Waals surface area (Å²) < 4.78 is 18.8. The number of aromatic nitrogens is 1. The summed E-state index contributed by atoms with van der Waals surface area (Å²) in [7, 11) is 0. The van der Waals surface area contributed by atoms with E-state index in [1.54, 1.807) is 18.2 Å². The Morgan fingerprint density at radius 1 is 0.857 bits per heavy atom. The minimum atomic E-state index is -0.298. The van der Waals surface area contributed by atoms with Crippen LogP contribution < -0.4 is 0 Å². The number of halogens is 1. The summed E-state index contributed by atoms with van der Waals surface area (Å²) in [6.07, 6.45) is 6.49. The smallest absolute Gasteiger partial charge is 0.261 e. The molecule has 2 aliphatic heterocycles. The van der Waals surface area contributed by atoms with Crippen LogP contribution in [-0.4, -0.2) is 52.9 Å². The number of rotatable bonds is 5. The van der Waals surface area contributed by atoms with E-state index < -0.39 is 0 Å². The molecule has 0 unspecified atom stereocenters. The van der Waals surface area contributed by atoms with E-state index in [4.69, 9.17) is 4.52 Å². The molecule has 2 aromatic carbocycles. The van der Waals surface area contributed by atoms with Crippen LogP contribution in [0.3, 0.4) is 0 Å². The molecule has 1 aromatic heterocycles. The fraction of sp³-hybridized carbons (Fsp3) is 0.464. The van der Waals surface area contributed by atoms with E-state index in [2.05, 4.69) is 10.1 Å². The predicted octanol–water partition coefficient (Wildman–Crippen LogP) is 5.25. The fourth-order valence-corrected chi connectivity index (χ4v) is 6.24. The monoisotopic (exact) mass is 475 g/mol. The van der Waals surface area contributed by atoms with Gasteiger partial charge in [0, 0.05) is 30.5 Å². The van der Waals surface area contributed by atoms with Gasteiger partial charge in [-0.25, -0.2) is 4.39 Å². The first-order valence-electron chi connectivity index (χ1n) is 12.8. The first kappa shape index (κ1) is 22.4. The SMILES string of the molecule is O=C1c2ccccc2C(=O)N1CC1CCC(CN2CCC(c3noc4cc(F)ccc34)CC2)CC1. The van der Waals surface area contributed by atoms with Gasteiger partial charge in [0.2, 0.25) is 0 Å². The van der Waals surface area contributed by atoms with Crippen molar-refractivity contribution in [1.82, 2.24) is 15.0 Å². The van der Waals surface area contributed by atoms with Gasteiger partial charge in [-0.3, -0.25) is 14.5 Å². The zero-order valence-electron chi connectivity index (χ0n) is 19.8. The van der Waals surface area contributed by atoms with Crippen molar-refractivity contribution in [3.05, 3.63) is 65.1 Å². The maximum Gasteiger partial charge on any atom is 0.261 e. The number of imide groups is 1. The Bertz CT molecular complexity index is 1220. The summed E-state index contributed by atoms with van der Waals surface area (Å²) >= 11 is 0. The molecule has 0 atom stereocenters. The lowest BCUT2D eigenvalue weighted by Crippen LogP contribution is -2.39. The number of piperidine rings is 1. The summed E-state index contributed by atoms with van der Waals surface area (Å²) in [5, 5.41) is 5.19. The predicted molar refractivity (Wildman–Crippen MR) is 130 cm³/mol. The maximum absolute atomic E-state index is 13.5. The zero-order chi connectivity index (χ0) is 23.9. The van der Waals surface area contributed by atoms with Crippen LogP contribution >= 0.6 is 0 Å². The molecule has 182 valence electrons. The standard InChI is InChI=1S/C28H30FN3O3/c29-21-9-10-24-25(15-21)35-30-26(24)20-11-13-31(14-12-20)16-18-5-7-19(8-6-18)17-32-27(33)22-3-1-2-4-23(22)28(32)34/h1-4,9-10,15,18-20H,5-8,11-14,16-17H2. The normalized spacial score (nSPS) is 23.9. The number of benzene rings is 2. The topological polar surface area (TPSA) is 66.7 Å². The second kappa shape index (κ2) is 9.19. The molecular weight excluding hydrogens is 445 g/mol. The number of amides is 2. The average Bonchev–Trinajstić information content (AvgIpc) is 3.40. The van der Waals surface area contributed by atoms with E-state index in [1.165, 1.54) is 17.0 Å². The zero-order valence-corrected chi connectivity index (χ0v) is 19.8. The summed E-state index contributed by atoms with van der Waals surface area (Å²) in [4.78, 5) is 29.4. The number of carbonyl (C=O) groups is 2. The van der Waals surface area contributed by atoms with Crippen molar-refractivity contribution in [3.8, 4) is 0 Å². The van der Waals surface area contributed by atoms with Gasteiger partial charge in [0.1, 0.15) is 5.82 Å². The molecule has 0 radical (unpaired) electrons. The van der Waals surface area contributed by atoms with Crippen LogP contribution in [0, 0.1) is 17.7 Å². The van der Waals surface area contributed by atoms with Crippen molar-refractivity contribution in [2.45, 2.75) is 44.4 Å². The van der Waals surface area contributed by atoms with Crippen LogP contribution in [0.25, 0.3) is 11.0 Å². The van der Waals surface area contributed by atoms with E-state index in [0.29, 0.717) is 41.0 Å². The molecule has 1 aliphatic carbocycles. The molecule has 35 heavy (non-hydrogen) atoms. The molecular formula is C28H30FN3O3. The van der Waals surface area contributed by atoms with Crippen molar-refractivity contribution >= 4 is 22.8 Å². The third-order valence-corrected chi connectivity index (χ3v) is 8.24. The van der Waals surface area contributed by atoms with Gasteiger partial charge < -0.3 is 9.42 Å². The molecule has 6 nitrogen and oxygen atoms in total. The number of nitrogens with zero attached hydrogens (tertiary/aromatic N) is 3. The summed E-state index contributed by atoms with van der Waals surface area (Å²) in [6.45, 7) is 3.72. The van der Waals surface area contributed by atoms with Crippen LogP contribution in [0.15, 0.2) is 47.0 Å². The number of likely N-dealkylation sites (tertiary alicyclic amines) is 1. The van der Waals surface area contributed by atoms with Crippen molar-refractivity contribution < 1.29 is 18.5 Å². The Balaban J connectivity index is 0.979. The van der Waals surface area contributed by atoms with Crippen molar-refractivity contribution in [1.29, 1.82) is 0 Å². The molecule has 3 aliphatic rings. The second-order valence-electron chi connectivity index (χ2n) is 10.4. The highest BCUT2D eigenvalue weighted by Crippen LogP contribution is 2.35. The fourth-order valence-electron chi connectivity index (χ4n) is 6.24. The molecule has 3 heterocycles. The van der Waals surface area contributed by atoms with Crippen LogP contribution in [0.5, 0.6) is 0 Å². The van der Waals surface area contributed by atoms with Crippen molar-refractivity contribution in [3.63, 3.8) is 0 Å². The highest BCUT2D eigenvalue weighted by Gasteiger charge is 2.37. The second-order valence-corrected chi connectivity index (χ2v) is 10.4. The summed E-state index contributed by atoms with van der Waals surface area (Å²) in [6, 6.07) is 11.8. The number of hydrogen-bond donors (Lipinski definition) is 0. The quantitative estimate of drug-likeness (QED) is 0.472. The molecule has 6 rings (SSSR count). The Hall–Kier alpha value is -3.06.